The SMILES string of the molecule is CC(C)C[C@@H]1CCO[C@@H]2[C@H](CN[C@@H]2C(=O)N[C@@H]2C/C=C/[C@@H](CO)CSC3O[C@H]2C(O)C(O)[C@H]3O)C1. The lowest BCUT2D eigenvalue weighted by Crippen LogP contribution is -2.64. The summed E-state index contributed by atoms with van der Waals surface area (Å²) in [6.07, 6.45) is 2.28. The maximum absolute atomic E-state index is 13.5. The molecule has 9 nitrogen and oxygen atoms in total. The highest BCUT2D eigenvalue weighted by atomic mass is 32.2. The summed E-state index contributed by atoms with van der Waals surface area (Å²) >= 11 is 1.29. The van der Waals surface area contributed by atoms with Crippen molar-refractivity contribution in [3.8, 4) is 0 Å². The number of thioether (sulfide) groups is 1. The van der Waals surface area contributed by atoms with Crippen LogP contribution in [-0.2, 0) is 14.3 Å². The fourth-order valence-corrected chi connectivity index (χ4v) is 7.19. The zero-order valence-corrected chi connectivity index (χ0v) is 21.5. The van der Waals surface area contributed by atoms with Gasteiger partial charge in [-0.25, -0.2) is 0 Å². The van der Waals surface area contributed by atoms with Crippen molar-refractivity contribution in [3.63, 3.8) is 0 Å². The van der Waals surface area contributed by atoms with E-state index in [1.165, 1.54) is 11.8 Å². The zero-order valence-electron chi connectivity index (χ0n) is 20.7. The van der Waals surface area contributed by atoms with Gasteiger partial charge in [0.05, 0.1) is 18.8 Å². The topological polar surface area (TPSA) is 141 Å². The van der Waals surface area contributed by atoms with Crippen LogP contribution in [0, 0.1) is 23.7 Å². The summed E-state index contributed by atoms with van der Waals surface area (Å²) in [4.78, 5) is 13.5. The molecule has 0 aromatic heterocycles. The molecular weight excluding hydrogens is 472 g/mol. The molecule has 4 rings (SSSR count). The molecule has 0 radical (unpaired) electrons. The first-order valence-corrected chi connectivity index (χ1v) is 14.1. The Labute approximate surface area is 212 Å². The van der Waals surface area contributed by atoms with Crippen molar-refractivity contribution < 1.29 is 34.7 Å². The van der Waals surface area contributed by atoms with Crippen LogP contribution in [0.5, 0.6) is 0 Å². The average Bonchev–Trinajstić information content (AvgIpc) is 3.11. The number of amides is 1. The van der Waals surface area contributed by atoms with Crippen molar-refractivity contribution in [2.45, 2.75) is 87.6 Å². The summed E-state index contributed by atoms with van der Waals surface area (Å²) in [5.41, 5.74) is -0.768. The number of hydrogen-bond acceptors (Lipinski definition) is 9. The lowest BCUT2D eigenvalue weighted by Gasteiger charge is -2.44. The van der Waals surface area contributed by atoms with Crippen LogP contribution in [0.1, 0.15) is 39.5 Å². The predicted molar refractivity (Wildman–Crippen MR) is 133 cm³/mol. The first-order chi connectivity index (χ1) is 16.8. The zero-order chi connectivity index (χ0) is 25.1. The molecule has 4 heterocycles. The van der Waals surface area contributed by atoms with Crippen molar-refractivity contribution in [3.05, 3.63) is 12.2 Å². The maximum atomic E-state index is 13.5. The highest BCUT2D eigenvalue weighted by Crippen LogP contribution is 2.35. The molecule has 3 saturated heterocycles. The second kappa shape index (κ2) is 12.2. The maximum Gasteiger partial charge on any atom is 0.240 e. The van der Waals surface area contributed by atoms with Crippen LogP contribution in [0.15, 0.2) is 12.2 Å². The smallest absolute Gasteiger partial charge is 0.240 e. The van der Waals surface area contributed by atoms with Gasteiger partial charge in [-0.15, -0.1) is 11.8 Å². The highest BCUT2D eigenvalue weighted by Gasteiger charge is 2.49. The third kappa shape index (κ3) is 6.41. The van der Waals surface area contributed by atoms with Crippen LogP contribution >= 0.6 is 11.8 Å². The van der Waals surface area contributed by atoms with E-state index in [2.05, 4.69) is 24.5 Å². The van der Waals surface area contributed by atoms with Crippen molar-refractivity contribution in [1.82, 2.24) is 10.6 Å². The Morgan fingerprint density at radius 3 is 2.74 bits per heavy atom. The highest BCUT2D eigenvalue weighted by molar-refractivity contribution is 7.99. The summed E-state index contributed by atoms with van der Waals surface area (Å²) in [5, 5.41) is 47.7. The van der Waals surface area contributed by atoms with Crippen molar-refractivity contribution in [2.24, 2.45) is 23.7 Å². The van der Waals surface area contributed by atoms with Crippen LogP contribution in [0.25, 0.3) is 0 Å². The number of carbonyl (C=O) groups excluding carboxylic acids is 1. The number of hydrogen-bond donors (Lipinski definition) is 6. The number of aliphatic hydroxyl groups excluding tert-OH is 4. The normalized spacial score (nSPS) is 45.4. The molecular formula is C25H42N2O7S. The fraction of sp³-hybridized carbons (Fsp3) is 0.880. The molecule has 3 unspecified atom stereocenters. The van der Waals surface area contributed by atoms with E-state index < -0.39 is 41.9 Å². The number of fused-ring (bicyclic) bond motifs is 3. The number of rotatable bonds is 5. The van der Waals surface area contributed by atoms with Crippen LogP contribution in [-0.4, -0.2) is 99.9 Å². The van der Waals surface area contributed by atoms with Gasteiger partial charge in [-0.3, -0.25) is 4.79 Å². The molecule has 0 aromatic carbocycles. The lowest BCUT2D eigenvalue weighted by atomic mass is 9.85. The average molecular weight is 515 g/mol. The van der Waals surface area contributed by atoms with Gasteiger partial charge in [0.2, 0.25) is 5.91 Å². The second-order valence-corrected chi connectivity index (χ2v) is 12.1. The van der Waals surface area contributed by atoms with E-state index in [-0.39, 0.29) is 30.5 Å². The monoisotopic (exact) mass is 514 g/mol. The minimum atomic E-state index is -1.39. The minimum absolute atomic E-state index is 0.0534. The van der Waals surface area contributed by atoms with Crippen LogP contribution in [0.2, 0.25) is 0 Å². The molecule has 200 valence electrons. The molecule has 11 atom stereocenters. The van der Waals surface area contributed by atoms with Gasteiger partial charge < -0.3 is 40.5 Å². The Bertz CT molecular complexity index is 741. The Balaban J connectivity index is 1.47. The second-order valence-electron chi connectivity index (χ2n) is 11.0. The van der Waals surface area contributed by atoms with E-state index in [4.69, 9.17) is 9.47 Å². The molecule has 0 aromatic rings. The van der Waals surface area contributed by atoms with Gasteiger partial charge in [-0.2, -0.15) is 0 Å². The van der Waals surface area contributed by atoms with Crippen LogP contribution in [0.4, 0.5) is 0 Å². The third-order valence-electron chi connectivity index (χ3n) is 7.79. The predicted octanol–water partition coefficient (Wildman–Crippen LogP) is 0.00970. The molecule has 35 heavy (non-hydrogen) atoms. The standard InChI is InChI=1S/C25H42N2O7S/c1-13(2)8-14-6-7-33-22-16(9-14)10-26-18(22)24(32)27-17-5-3-4-15(11-28)12-35-25-21(31)19(29)20(30)23(17)34-25/h3-4,13-23,25-26,28-31H,5-12H2,1-2H3,(H,27,32)/b4-3+/t14-,15-,16-,17+,18-,19?,20?,21+,22+,23+,25?/m0/s1. The molecule has 0 spiro atoms. The Morgan fingerprint density at radius 1 is 1.20 bits per heavy atom. The molecule has 1 amide bonds. The molecule has 2 bridgehead atoms. The van der Waals surface area contributed by atoms with E-state index in [0.29, 0.717) is 30.6 Å². The first-order valence-electron chi connectivity index (χ1n) is 13.0. The summed E-state index contributed by atoms with van der Waals surface area (Å²) in [6.45, 7) is 5.80. The number of aliphatic hydroxyl groups is 4. The van der Waals surface area contributed by atoms with E-state index in [1.807, 2.05) is 12.2 Å². The van der Waals surface area contributed by atoms with Gasteiger partial charge in [-0.05, 0) is 43.4 Å². The lowest BCUT2D eigenvalue weighted by molar-refractivity contribution is -0.205. The number of carbonyl (C=O) groups is 1. The fourth-order valence-electron chi connectivity index (χ4n) is 5.97. The van der Waals surface area contributed by atoms with Crippen molar-refractivity contribution >= 4 is 17.7 Å². The molecule has 0 saturated carbocycles. The molecule has 4 aliphatic rings. The van der Waals surface area contributed by atoms with Crippen molar-refractivity contribution in [2.75, 3.05) is 25.5 Å². The van der Waals surface area contributed by atoms with E-state index in [1.54, 1.807) is 0 Å². The minimum Gasteiger partial charge on any atom is -0.396 e. The summed E-state index contributed by atoms with van der Waals surface area (Å²) in [5.74, 6) is 1.67. The Kier molecular flexibility index (Phi) is 9.53. The van der Waals surface area contributed by atoms with Gasteiger partial charge in [0.1, 0.15) is 35.9 Å². The van der Waals surface area contributed by atoms with Gasteiger partial charge in [0.25, 0.3) is 0 Å². The van der Waals surface area contributed by atoms with Crippen LogP contribution in [0.3, 0.4) is 0 Å². The first kappa shape index (κ1) is 27.3. The molecule has 4 aliphatic heterocycles. The van der Waals surface area contributed by atoms with Crippen LogP contribution < -0.4 is 10.6 Å². The molecule has 10 heteroatoms. The van der Waals surface area contributed by atoms with E-state index in [9.17, 15) is 25.2 Å². The quantitative estimate of drug-likeness (QED) is 0.280. The molecule has 3 fully saturated rings. The number of nitrogens with one attached hydrogen (secondary N) is 2. The van der Waals surface area contributed by atoms with Gasteiger partial charge in [-0.1, -0.05) is 26.0 Å². The van der Waals surface area contributed by atoms with E-state index >= 15 is 0 Å². The summed E-state index contributed by atoms with van der Waals surface area (Å²) < 4.78 is 12.2. The number of ether oxygens (including phenoxy) is 2. The largest absolute Gasteiger partial charge is 0.396 e. The van der Waals surface area contributed by atoms with Crippen molar-refractivity contribution in [1.29, 1.82) is 0 Å². The van der Waals surface area contributed by atoms with Gasteiger partial charge in [0, 0.05) is 24.8 Å². The Morgan fingerprint density at radius 2 is 2.00 bits per heavy atom. The third-order valence-corrected chi connectivity index (χ3v) is 9.13. The summed E-state index contributed by atoms with van der Waals surface area (Å²) in [6, 6.07) is -1.11. The van der Waals surface area contributed by atoms with E-state index in [0.717, 1.165) is 25.8 Å². The van der Waals surface area contributed by atoms with Gasteiger partial charge in [0.15, 0.2) is 0 Å². The summed E-state index contributed by atoms with van der Waals surface area (Å²) in [7, 11) is 0. The molecule has 6 N–H and O–H groups in total. The molecule has 0 aliphatic carbocycles. The van der Waals surface area contributed by atoms with Gasteiger partial charge >= 0.3 is 0 Å². The Hall–Kier alpha value is -0.720.